The predicted octanol–water partition coefficient (Wildman–Crippen LogP) is 3.17. The molecule has 0 aliphatic rings. The molecule has 1 amide bonds. The second-order valence-electron chi connectivity index (χ2n) is 5.54. The Labute approximate surface area is 149 Å². The molecule has 3 aromatic rings. The van der Waals surface area contributed by atoms with E-state index < -0.39 is 9.84 Å². The van der Waals surface area contributed by atoms with Crippen LogP contribution < -0.4 is 5.32 Å². The molecule has 8 heteroatoms. The van der Waals surface area contributed by atoms with Crippen LogP contribution in [0.2, 0.25) is 0 Å². The number of benzene rings is 2. The summed E-state index contributed by atoms with van der Waals surface area (Å²) in [6.07, 6.45) is 1.15. The Bertz CT molecular complexity index is 1010. The van der Waals surface area contributed by atoms with Crippen LogP contribution in [0.1, 0.15) is 15.9 Å². The Balaban J connectivity index is 1.76. The molecule has 0 saturated carbocycles. The van der Waals surface area contributed by atoms with Gasteiger partial charge in [-0.1, -0.05) is 17.7 Å². The maximum atomic E-state index is 12.2. The number of carbonyl (C=O) groups excluding carboxylic acids is 1. The van der Waals surface area contributed by atoms with E-state index in [0.717, 1.165) is 23.4 Å². The van der Waals surface area contributed by atoms with Crippen molar-refractivity contribution >= 4 is 32.4 Å². The predicted molar refractivity (Wildman–Crippen MR) is 97.6 cm³/mol. The average molecular weight is 373 g/mol. The highest BCUT2D eigenvalue weighted by atomic mass is 32.2. The number of hydrogen-bond donors (Lipinski definition) is 1. The van der Waals surface area contributed by atoms with Crippen molar-refractivity contribution in [3.63, 3.8) is 0 Å². The third-order valence-corrected chi connectivity index (χ3v) is 5.26. The van der Waals surface area contributed by atoms with Gasteiger partial charge in [0.2, 0.25) is 5.13 Å². The van der Waals surface area contributed by atoms with Crippen molar-refractivity contribution in [3.05, 3.63) is 59.7 Å². The van der Waals surface area contributed by atoms with Crippen LogP contribution in [0, 0.1) is 6.92 Å². The number of aryl methyl sites for hydroxylation is 1. The van der Waals surface area contributed by atoms with E-state index in [4.69, 9.17) is 0 Å². The molecule has 0 fully saturated rings. The molecule has 6 nitrogen and oxygen atoms in total. The van der Waals surface area contributed by atoms with E-state index in [1.807, 2.05) is 19.1 Å². The summed E-state index contributed by atoms with van der Waals surface area (Å²) in [6, 6.07) is 13.5. The third kappa shape index (κ3) is 4.09. The van der Waals surface area contributed by atoms with E-state index in [9.17, 15) is 13.2 Å². The molecule has 128 valence electrons. The number of aromatic nitrogens is 2. The van der Waals surface area contributed by atoms with E-state index in [2.05, 4.69) is 14.7 Å². The lowest BCUT2D eigenvalue weighted by Gasteiger charge is -2.01. The van der Waals surface area contributed by atoms with E-state index >= 15 is 0 Å². The van der Waals surface area contributed by atoms with Gasteiger partial charge in [-0.25, -0.2) is 8.42 Å². The van der Waals surface area contributed by atoms with Crippen molar-refractivity contribution in [2.75, 3.05) is 11.6 Å². The van der Waals surface area contributed by atoms with Crippen molar-refractivity contribution in [3.8, 4) is 11.4 Å². The molecule has 1 aromatic heterocycles. The Morgan fingerprint density at radius 2 is 1.68 bits per heavy atom. The quantitative estimate of drug-likeness (QED) is 0.759. The van der Waals surface area contributed by atoms with Gasteiger partial charge in [-0.15, -0.1) is 0 Å². The monoisotopic (exact) mass is 373 g/mol. The molecule has 0 atom stereocenters. The number of nitrogens with one attached hydrogen (secondary N) is 1. The molecule has 0 bridgehead atoms. The van der Waals surface area contributed by atoms with Gasteiger partial charge in [0.1, 0.15) is 0 Å². The second kappa shape index (κ2) is 6.73. The molecule has 0 spiro atoms. The number of hydrogen-bond acceptors (Lipinski definition) is 6. The summed E-state index contributed by atoms with van der Waals surface area (Å²) in [7, 11) is -3.24. The van der Waals surface area contributed by atoms with Crippen molar-refractivity contribution < 1.29 is 13.2 Å². The van der Waals surface area contributed by atoms with Gasteiger partial charge in [0, 0.05) is 28.9 Å². The number of anilines is 1. The standard InChI is InChI=1S/C17H15N3O3S2/c1-11-3-5-13(6-4-11)16(21)19-17-18-15(20-24-17)12-7-9-14(10-8-12)25(2,22)23/h3-10H,1-2H3,(H,18,19,20,21). The maximum Gasteiger partial charge on any atom is 0.257 e. The summed E-state index contributed by atoms with van der Waals surface area (Å²) in [5.41, 5.74) is 2.30. The Kier molecular flexibility index (Phi) is 4.65. The van der Waals surface area contributed by atoms with Crippen molar-refractivity contribution in [2.45, 2.75) is 11.8 Å². The molecule has 1 heterocycles. The first-order valence-electron chi connectivity index (χ1n) is 7.35. The van der Waals surface area contributed by atoms with Gasteiger partial charge >= 0.3 is 0 Å². The fourth-order valence-electron chi connectivity index (χ4n) is 2.12. The van der Waals surface area contributed by atoms with Crippen LogP contribution in [-0.4, -0.2) is 29.9 Å². The summed E-state index contributed by atoms with van der Waals surface area (Å²) >= 11 is 1.07. The topological polar surface area (TPSA) is 89.0 Å². The summed E-state index contributed by atoms with van der Waals surface area (Å²) in [5.74, 6) is 0.180. The fourth-order valence-corrected chi connectivity index (χ4v) is 3.33. The third-order valence-electron chi connectivity index (χ3n) is 3.50. The van der Waals surface area contributed by atoms with Gasteiger partial charge in [-0.2, -0.15) is 9.36 Å². The van der Waals surface area contributed by atoms with Crippen molar-refractivity contribution in [1.29, 1.82) is 0 Å². The molecule has 25 heavy (non-hydrogen) atoms. The zero-order valence-electron chi connectivity index (χ0n) is 13.6. The second-order valence-corrected chi connectivity index (χ2v) is 8.31. The van der Waals surface area contributed by atoms with Crippen molar-refractivity contribution in [1.82, 2.24) is 9.36 Å². The van der Waals surface area contributed by atoms with Gasteiger partial charge in [0.05, 0.1) is 4.90 Å². The van der Waals surface area contributed by atoms with Crippen LogP contribution in [0.5, 0.6) is 0 Å². The summed E-state index contributed by atoms with van der Waals surface area (Å²) < 4.78 is 27.2. The minimum atomic E-state index is -3.24. The SMILES string of the molecule is Cc1ccc(C(=O)Nc2nc(-c3ccc(S(C)(=O)=O)cc3)ns2)cc1. The molecule has 1 N–H and O–H groups in total. The van der Waals surface area contributed by atoms with Crippen LogP contribution >= 0.6 is 11.5 Å². The number of carbonyl (C=O) groups is 1. The molecular weight excluding hydrogens is 358 g/mol. The van der Waals surface area contributed by atoms with E-state index in [0.29, 0.717) is 22.1 Å². The number of amides is 1. The molecule has 3 rings (SSSR count). The number of nitrogens with zero attached hydrogens (tertiary/aromatic N) is 2. The molecule has 0 saturated heterocycles. The molecular formula is C17H15N3O3S2. The Morgan fingerprint density at radius 3 is 2.28 bits per heavy atom. The minimum absolute atomic E-state index is 0.236. The van der Waals surface area contributed by atoms with E-state index in [1.165, 1.54) is 12.1 Å². The lowest BCUT2D eigenvalue weighted by atomic mass is 10.1. The Morgan fingerprint density at radius 1 is 1.04 bits per heavy atom. The lowest BCUT2D eigenvalue weighted by Crippen LogP contribution is -2.11. The highest BCUT2D eigenvalue weighted by Gasteiger charge is 2.12. The van der Waals surface area contributed by atoms with Crippen LogP contribution in [0.15, 0.2) is 53.4 Å². The van der Waals surface area contributed by atoms with E-state index in [1.54, 1.807) is 24.3 Å². The largest absolute Gasteiger partial charge is 0.297 e. The Hall–Kier alpha value is -2.58. The van der Waals surface area contributed by atoms with Gasteiger partial charge in [-0.3, -0.25) is 10.1 Å². The maximum absolute atomic E-state index is 12.2. The summed E-state index contributed by atoms with van der Waals surface area (Å²) in [4.78, 5) is 16.7. The van der Waals surface area contributed by atoms with Gasteiger partial charge in [-0.05, 0) is 43.3 Å². The van der Waals surface area contributed by atoms with Crippen molar-refractivity contribution in [2.24, 2.45) is 0 Å². The smallest absolute Gasteiger partial charge is 0.257 e. The summed E-state index contributed by atoms with van der Waals surface area (Å²) in [5, 5.41) is 3.10. The highest BCUT2D eigenvalue weighted by molar-refractivity contribution is 7.90. The zero-order chi connectivity index (χ0) is 18.0. The van der Waals surface area contributed by atoms with Gasteiger partial charge in [0.15, 0.2) is 15.7 Å². The van der Waals surface area contributed by atoms with Gasteiger partial charge < -0.3 is 0 Å². The zero-order valence-corrected chi connectivity index (χ0v) is 15.2. The first-order chi connectivity index (χ1) is 11.8. The van der Waals surface area contributed by atoms with E-state index in [-0.39, 0.29) is 10.8 Å². The molecule has 0 radical (unpaired) electrons. The molecule has 0 aliphatic heterocycles. The molecule has 0 aliphatic carbocycles. The minimum Gasteiger partial charge on any atom is -0.297 e. The highest BCUT2D eigenvalue weighted by Crippen LogP contribution is 2.23. The van der Waals surface area contributed by atoms with Crippen LogP contribution in [0.4, 0.5) is 5.13 Å². The van der Waals surface area contributed by atoms with Crippen LogP contribution in [-0.2, 0) is 9.84 Å². The van der Waals surface area contributed by atoms with Crippen LogP contribution in [0.25, 0.3) is 11.4 Å². The first kappa shape index (κ1) is 17.2. The lowest BCUT2D eigenvalue weighted by molar-refractivity contribution is 0.102. The number of rotatable bonds is 4. The fraction of sp³-hybridized carbons (Fsp3) is 0.118. The first-order valence-corrected chi connectivity index (χ1v) is 10.0. The number of sulfone groups is 1. The summed E-state index contributed by atoms with van der Waals surface area (Å²) in [6.45, 7) is 1.95. The molecule has 0 unspecified atom stereocenters. The average Bonchev–Trinajstić information content (AvgIpc) is 3.03. The molecule has 2 aromatic carbocycles. The van der Waals surface area contributed by atoms with Crippen LogP contribution in [0.3, 0.4) is 0 Å². The normalized spacial score (nSPS) is 11.3. The van der Waals surface area contributed by atoms with Gasteiger partial charge in [0.25, 0.3) is 5.91 Å².